The molecule has 1 amide bonds. The topological polar surface area (TPSA) is 66.2 Å². The molecule has 3 rings (SSSR count). The molecule has 5 nitrogen and oxygen atoms in total. The number of benzene rings is 1. The highest BCUT2D eigenvalue weighted by molar-refractivity contribution is 5.99. The van der Waals surface area contributed by atoms with Crippen molar-refractivity contribution in [2.24, 2.45) is 0 Å². The van der Waals surface area contributed by atoms with Crippen LogP contribution in [0.5, 0.6) is 5.75 Å². The van der Waals surface area contributed by atoms with Crippen LogP contribution in [-0.4, -0.2) is 28.9 Å². The zero-order valence-corrected chi connectivity index (χ0v) is 13.2. The molecule has 0 radical (unpaired) electrons. The summed E-state index contributed by atoms with van der Waals surface area (Å²) in [4.78, 5) is 18.6. The van der Waals surface area contributed by atoms with Crippen LogP contribution in [0.2, 0.25) is 0 Å². The molecule has 0 fully saturated rings. The van der Waals surface area contributed by atoms with Gasteiger partial charge in [0.15, 0.2) is 0 Å². The average molecular weight is 319 g/mol. The van der Waals surface area contributed by atoms with E-state index < -0.39 is 0 Å². The predicted molar refractivity (Wildman–Crippen MR) is 89.8 cm³/mol. The van der Waals surface area contributed by atoms with E-state index in [-0.39, 0.29) is 18.9 Å². The van der Waals surface area contributed by atoms with E-state index in [0.717, 1.165) is 16.9 Å². The lowest BCUT2D eigenvalue weighted by molar-refractivity contribution is -0.128. The Morgan fingerprint density at radius 2 is 2.17 bits per heavy atom. The Morgan fingerprint density at radius 3 is 2.96 bits per heavy atom. The summed E-state index contributed by atoms with van der Waals surface area (Å²) < 4.78 is 5.67. The van der Waals surface area contributed by atoms with Crippen LogP contribution in [0.15, 0.2) is 54.4 Å². The van der Waals surface area contributed by atoms with E-state index in [1.807, 2.05) is 42.5 Å². The lowest BCUT2D eigenvalue weighted by atomic mass is 10.1. The van der Waals surface area contributed by atoms with Crippen LogP contribution in [0.3, 0.4) is 0 Å². The molecular formula is C19H17N3O2. The predicted octanol–water partition coefficient (Wildman–Crippen LogP) is 2.80. The number of amides is 1. The third-order valence-electron chi connectivity index (χ3n) is 3.78. The van der Waals surface area contributed by atoms with Gasteiger partial charge in [-0.2, -0.15) is 5.26 Å². The summed E-state index contributed by atoms with van der Waals surface area (Å²) >= 11 is 0. The van der Waals surface area contributed by atoms with E-state index in [1.54, 1.807) is 17.3 Å². The minimum atomic E-state index is -0.108. The second-order valence-corrected chi connectivity index (χ2v) is 5.49. The third-order valence-corrected chi connectivity index (χ3v) is 3.78. The Labute approximate surface area is 140 Å². The number of ether oxygens (including phenoxy) is 1. The van der Waals surface area contributed by atoms with Gasteiger partial charge in [-0.3, -0.25) is 9.78 Å². The third kappa shape index (κ3) is 3.61. The van der Waals surface area contributed by atoms with Crippen LogP contribution < -0.4 is 4.74 Å². The fourth-order valence-corrected chi connectivity index (χ4v) is 2.59. The molecule has 1 aliphatic rings. The molecule has 0 atom stereocenters. The van der Waals surface area contributed by atoms with Crippen LogP contribution in [0.4, 0.5) is 0 Å². The SMILES string of the molecule is N#CCCN(Cc1cccnc1)C(=O)C1=Cc2ccccc2OC1. The zero-order chi connectivity index (χ0) is 16.8. The smallest absolute Gasteiger partial charge is 0.253 e. The minimum Gasteiger partial charge on any atom is -0.488 e. The molecule has 0 unspecified atom stereocenters. The van der Waals surface area contributed by atoms with Crippen molar-refractivity contribution in [2.45, 2.75) is 13.0 Å². The van der Waals surface area contributed by atoms with E-state index >= 15 is 0 Å². The number of hydrogen-bond donors (Lipinski definition) is 0. The Hall–Kier alpha value is -3.13. The van der Waals surface area contributed by atoms with Crippen LogP contribution in [0.25, 0.3) is 6.08 Å². The van der Waals surface area contributed by atoms with Crippen molar-refractivity contribution in [3.05, 3.63) is 65.5 Å². The van der Waals surface area contributed by atoms with Gasteiger partial charge in [-0.05, 0) is 23.8 Å². The van der Waals surface area contributed by atoms with Crippen molar-refractivity contribution in [1.82, 2.24) is 9.88 Å². The number of nitrogens with zero attached hydrogens (tertiary/aromatic N) is 3. The highest BCUT2D eigenvalue weighted by Gasteiger charge is 2.22. The van der Waals surface area contributed by atoms with Crippen molar-refractivity contribution in [3.8, 4) is 11.8 Å². The van der Waals surface area contributed by atoms with E-state index in [2.05, 4.69) is 11.1 Å². The van der Waals surface area contributed by atoms with Gasteiger partial charge in [-0.25, -0.2) is 0 Å². The first-order valence-corrected chi connectivity index (χ1v) is 7.75. The van der Waals surface area contributed by atoms with Crippen molar-refractivity contribution < 1.29 is 9.53 Å². The average Bonchev–Trinajstić information content (AvgIpc) is 2.65. The van der Waals surface area contributed by atoms with Crippen molar-refractivity contribution >= 4 is 12.0 Å². The van der Waals surface area contributed by atoms with Gasteiger partial charge in [-0.15, -0.1) is 0 Å². The number of pyridine rings is 1. The number of carbonyl (C=O) groups is 1. The molecule has 0 N–H and O–H groups in total. The highest BCUT2D eigenvalue weighted by atomic mass is 16.5. The summed E-state index contributed by atoms with van der Waals surface area (Å²) in [5.41, 5.74) is 2.42. The van der Waals surface area contributed by atoms with Gasteiger partial charge in [-0.1, -0.05) is 24.3 Å². The molecule has 0 aliphatic carbocycles. The van der Waals surface area contributed by atoms with E-state index in [1.165, 1.54) is 0 Å². The molecule has 24 heavy (non-hydrogen) atoms. The Bertz CT molecular complexity index is 794. The van der Waals surface area contributed by atoms with Gasteiger partial charge in [0.05, 0.1) is 18.1 Å². The second-order valence-electron chi connectivity index (χ2n) is 5.49. The summed E-state index contributed by atoms with van der Waals surface area (Å²) in [6.07, 6.45) is 5.58. The minimum absolute atomic E-state index is 0.108. The van der Waals surface area contributed by atoms with Crippen LogP contribution >= 0.6 is 0 Å². The molecule has 1 aromatic carbocycles. The molecule has 0 saturated heterocycles. The number of hydrogen-bond acceptors (Lipinski definition) is 4. The highest BCUT2D eigenvalue weighted by Crippen LogP contribution is 2.26. The summed E-state index contributed by atoms with van der Waals surface area (Å²) in [5.74, 6) is 0.675. The number of rotatable bonds is 5. The van der Waals surface area contributed by atoms with E-state index in [4.69, 9.17) is 10.00 Å². The van der Waals surface area contributed by atoms with Crippen molar-refractivity contribution in [3.63, 3.8) is 0 Å². The fraction of sp³-hybridized carbons (Fsp3) is 0.211. The lowest BCUT2D eigenvalue weighted by Gasteiger charge is -2.25. The maximum Gasteiger partial charge on any atom is 0.253 e. The van der Waals surface area contributed by atoms with Crippen LogP contribution in [0.1, 0.15) is 17.5 Å². The maximum absolute atomic E-state index is 12.9. The second kappa shape index (κ2) is 7.42. The van der Waals surface area contributed by atoms with Gasteiger partial charge in [0, 0.05) is 31.0 Å². The summed E-state index contributed by atoms with van der Waals surface area (Å²) in [6, 6.07) is 13.5. The normalized spacial score (nSPS) is 12.4. The summed E-state index contributed by atoms with van der Waals surface area (Å²) in [5, 5.41) is 8.86. The molecule has 2 aromatic rings. The van der Waals surface area contributed by atoms with E-state index in [9.17, 15) is 4.79 Å². The number of aromatic nitrogens is 1. The van der Waals surface area contributed by atoms with Gasteiger partial charge in [0.25, 0.3) is 5.91 Å². The Morgan fingerprint density at radius 1 is 1.29 bits per heavy atom. The monoisotopic (exact) mass is 319 g/mol. The Balaban J connectivity index is 1.81. The van der Waals surface area contributed by atoms with Crippen LogP contribution in [0, 0.1) is 11.3 Å². The molecular weight excluding hydrogens is 302 g/mol. The number of nitriles is 1. The first-order valence-electron chi connectivity index (χ1n) is 7.75. The standard InChI is InChI=1S/C19H17N3O2/c20-8-4-10-22(13-15-5-3-9-21-12-15)19(23)17-11-16-6-1-2-7-18(16)24-14-17/h1-3,5-7,9,11-12H,4,10,13-14H2. The van der Waals surface area contributed by atoms with Gasteiger partial charge in [0.1, 0.15) is 12.4 Å². The van der Waals surface area contributed by atoms with Crippen molar-refractivity contribution in [1.29, 1.82) is 5.26 Å². The first kappa shape index (κ1) is 15.8. The number of para-hydroxylation sites is 1. The van der Waals surface area contributed by atoms with Gasteiger partial charge < -0.3 is 9.64 Å². The van der Waals surface area contributed by atoms with Gasteiger partial charge in [0.2, 0.25) is 0 Å². The molecule has 5 heteroatoms. The van der Waals surface area contributed by atoms with Crippen molar-refractivity contribution in [2.75, 3.05) is 13.2 Å². The van der Waals surface area contributed by atoms with Crippen LogP contribution in [-0.2, 0) is 11.3 Å². The zero-order valence-electron chi connectivity index (χ0n) is 13.2. The summed E-state index contributed by atoms with van der Waals surface area (Å²) in [7, 11) is 0. The summed E-state index contributed by atoms with van der Waals surface area (Å²) in [6.45, 7) is 1.04. The molecule has 0 bridgehead atoms. The molecule has 1 aromatic heterocycles. The molecule has 1 aliphatic heterocycles. The quantitative estimate of drug-likeness (QED) is 0.850. The number of carbonyl (C=O) groups excluding carboxylic acids is 1. The maximum atomic E-state index is 12.9. The first-order chi connectivity index (χ1) is 11.8. The largest absolute Gasteiger partial charge is 0.488 e. The Kier molecular flexibility index (Phi) is 4.87. The van der Waals surface area contributed by atoms with Gasteiger partial charge >= 0.3 is 0 Å². The lowest BCUT2D eigenvalue weighted by Crippen LogP contribution is -2.34. The molecule has 0 saturated carbocycles. The number of fused-ring (bicyclic) bond motifs is 1. The molecule has 120 valence electrons. The molecule has 0 spiro atoms. The fourth-order valence-electron chi connectivity index (χ4n) is 2.59. The van der Waals surface area contributed by atoms with E-state index in [0.29, 0.717) is 18.7 Å². The molecule has 2 heterocycles.